The molecule has 18 heavy (non-hydrogen) atoms. The van der Waals surface area contributed by atoms with Gasteiger partial charge in [0.2, 0.25) is 0 Å². The second-order valence-electron chi connectivity index (χ2n) is 4.29. The van der Waals surface area contributed by atoms with Crippen molar-refractivity contribution in [3.05, 3.63) is 27.2 Å². The van der Waals surface area contributed by atoms with Crippen LogP contribution in [0.2, 0.25) is 5.02 Å². The fraction of sp³-hybridized carbons (Fsp3) is 0.538. The number of hydrogen-bond acceptors (Lipinski definition) is 3. The van der Waals surface area contributed by atoms with E-state index >= 15 is 0 Å². The van der Waals surface area contributed by atoms with Crippen LogP contribution < -0.4 is 10.1 Å². The first-order valence-electron chi connectivity index (χ1n) is 5.98. The summed E-state index contributed by atoms with van der Waals surface area (Å²) >= 11 is 9.38. The molecule has 0 amide bonds. The minimum Gasteiger partial charge on any atom is -0.492 e. The third-order valence-corrected chi connectivity index (χ3v) is 3.19. The Labute approximate surface area is 122 Å². The molecule has 0 spiro atoms. The summed E-state index contributed by atoms with van der Waals surface area (Å²) in [7, 11) is 0. The Balaban J connectivity index is 2.31. The summed E-state index contributed by atoms with van der Waals surface area (Å²) in [5.74, 6) is 0.843. The van der Waals surface area contributed by atoms with Gasteiger partial charge >= 0.3 is 0 Å². The SMILES string of the molecule is Cc1cc(Cl)cc(Br)c1OCCCNC[C@H](C)O. The van der Waals surface area contributed by atoms with Gasteiger partial charge < -0.3 is 15.2 Å². The van der Waals surface area contributed by atoms with E-state index in [4.69, 9.17) is 21.4 Å². The minimum atomic E-state index is -0.307. The van der Waals surface area contributed by atoms with Crippen LogP contribution in [0.25, 0.3) is 0 Å². The lowest BCUT2D eigenvalue weighted by atomic mass is 10.2. The van der Waals surface area contributed by atoms with Gasteiger partial charge in [0.25, 0.3) is 0 Å². The van der Waals surface area contributed by atoms with E-state index in [0.717, 1.165) is 28.8 Å². The van der Waals surface area contributed by atoms with Crippen molar-refractivity contribution in [3.8, 4) is 5.75 Å². The number of aliphatic hydroxyl groups excluding tert-OH is 1. The number of halogens is 2. The molecule has 0 heterocycles. The summed E-state index contributed by atoms with van der Waals surface area (Å²) in [4.78, 5) is 0. The molecule has 0 saturated heterocycles. The molecule has 0 aliphatic carbocycles. The van der Waals surface area contributed by atoms with Crippen molar-refractivity contribution < 1.29 is 9.84 Å². The summed E-state index contributed by atoms with van der Waals surface area (Å²) in [5, 5.41) is 12.9. The predicted molar refractivity (Wildman–Crippen MR) is 78.6 cm³/mol. The monoisotopic (exact) mass is 335 g/mol. The zero-order chi connectivity index (χ0) is 13.5. The molecule has 2 N–H and O–H groups in total. The van der Waals surface area contributed by atoms with Crippen LogP contribution in [-0.2, 0) is 0 Å². The molecule has 0 aromatic heterocycles. The van der Waals surface area contributed by atoms with Crippen LogP contribution in [0.1, 0.15) is 18.9 Å². The Morgan fingerprint density at radius 3 is 2.83 bits per heavy atom. The molecule has 0 radical (unpaired) electrons. The number of aryl methyl sites for hydroxylation is 1. The highest BCUT2D eigenvalue weighted by Gasteiger charge is 2.06. The van der Waals surface area contributed by atoms with Crippen molar-refractivity contribution in [2.45, 2.75) is 26.4 Å². The highest BCUT2D eigenvalue weighted by atomic mass is 79.9. The van der Waals surface area contributed by atoms with E-state index in [1.807, 2.05) is 19.1 Å². The molecule has 1 rings (SSSR count). The van der Waals surface area contributed by atoms with E-state index in [0.29, 0.717) is 18.2 Å². The zero-order valence-corrected chi connectivity index (χ0v) is 13.0. The van der Waals surface area contributed by atoms with Crippen molar-refractivity contribution >= 4 is 27.5 Å². The fourth-order valence-electron chi connectivity index (χ4n) is 1.55. The number of benzene rings is 1. The standard InChI is InChI=1S/C13H19BrClNO2/c1-9-6-11(15)7-12(14)13(9)18-5-3-4-16-8-10(2)17/h6-7,10,16-17H,3-5,8H2,1-2H3/t10-/m0/s1. The molecule has 1 atom stereocenters. The third-order valence-electron chi connectivity index (χ3n) is 2.38. The Kier molecular flexibility index (Phi) is 7.00. The molecule has 5 heteroatoms. The van der Waals surface area contributed by atoms with E-state index in [9.17, 15) is 0 Å². The maximum absolute atomic E-state index is 9.07. The average molecular weight is 337 g/mol. The van der Waals surface area contributed by atoms with Gasteiger partial charge in [-0.05, 0) is 60.4 Å². The third kappa shape index (κ3) is 5.57. The lowest BCUT2D eigenvalue weighted by Crippen LogP contribution is -2.26. The van der Waals surface area contributed by atoms with Crippen molar-refractivity contribution in [1.82, 2.24) is 5.32 Å². The van der Waals surface area contributed by atoms with Crippen LogP contribution in [0.5, 0.6) is 5.75 Å². The van der Waals surface area contributed by atoms with E-state index < -0.39 is 0 Å². The molecule has 0 aliphatic rings. The lowest BCUT2D eigenvalue weighted by molar-refractivity contribution is 0.190. The van der Waals surface area contributed by atoms with Gasteiger partial charge in [-0.2, -0.15) is 0 Å². The van der Waals surface area contributed by atoms with E-state index in [1.54, 1.807) is 6.92 Å². The Morgan fingerprint density at radius 2 is 2.22 bits per heavy atom. The van der Waals surface area contributed by atoms with Crippen molar-refractivity contribution in [2.75, 3.05) is 19.7 Å². The van der Waals surface area contributed by atoms with E-state index in [2.05, 4.69) is 21.2 Å². The van der Waals surface area contributed by atoms with Gasteiger partial charge in [-0.25, -0.2) is 0 Å². The summed E-state index contributed by atoms with van der Waals surface area (Å²) < 4.78 is 6.60. The maximum atomic E-state index is 9.07. The average Bonchev–Trinajstić information content (AvgIpc) is 2.25. The van der Waals surface area contributed by atoms with Gasteiger partial charge in [0, 0.05) is 11.6 Å². The van der Waals surface area contributed by atoms with E-state index in [-0.39, 0.29) is 6.10 Å². The van der Waals surface area contributed by atoms with E-state index in [1.165, 1.54) is 0 Å². The van der Waals surface area contributed by atoms with Crippen molar-refractivity contribution in [2.24, 2.45) is 0 Å². The van der Waals surface area contributed by atoms with Gasteiger partial charge in [-0.15, -0.1) is 0 Å². The van der Waals surface area contributed by atoms with Gasteiger partial charge in [0.05, 0.1) is 17.2 Å². The first-order valence-corrected chi connectivity index (χ1v) is 7.15. The predicted octanol–water partition coefficient (Wildman–Crippen LogP) is 3.15. The number of ether oxygens (including phenoxy) is 1. The Morgan fingerprint density at radius 1 is 1.50 bits per heavy atom. The number of hydrogen-bond donors (Lipinski definition) is 2. The Hall–Kier alpha value is -0.290. The highest BCUT2D eigenvalue weighted by molar-refractivity contribution is 9.10. The largest absolute Gasteiger partial charge is 0.492 e. The van der Waals surface area contributed by atoms with Gasteiger partial charge in [-0.3, -0.25) is 0 Å². The number of nitrogens with one attached hydrogen (secondary N) is 1. The van der Waals surface area contributed by atoms with Crippen LogP contribution in [0, 0.1) is 6.92 Å². The van der Waals surface area contributed by atoms with Crippen molar-refractivity contribution in [1.29, 1.82) is 0 Å². The van der Waals surface area contributed by atoms with Gasteiger partial charge in [0.15, 0.2) is 0 Å². The Bertz CT molecular complexity index is 362. The van der Waals surface area contributed by atoms with Crippen molar-refractivity contribution in [3.63, 3.8) is 0 Å². The van der Waals surface area contributed by atoms with Crippen LogP contribution in [0.3, 0.4) is 0 Å². The van der Waals surface area contributed by atoms with Crippen LogP contribution in [0.4, 0.5) is 0 Å². The molecule has 1 aromatic rings. The molecular formula is C13H19BrClNO2. The molecule has 3 nitrogen and oxygen atoms in total. The zero-order valence-electron chi connectivity index (χ0n) is 10.7. The highest BCUT2D eigenvalue weighted by Crippen LogP contribution is 2.32. The lowest BCUT2D eigenvalue weighted by Gasteiger charge is -2.12. The molecule has 0 bridgehead atoms. The first-order chi connectivity index (χ1) is 8.50. The second-order valence-corrected chi connectivity index (χ2v) is 5.58. The first kappa shape index (κ1) is 15.8. The molecule has 0 fully saturated rings. The second kappa shape index (κ2) is 8.00. The summed E-state index contributed by atoms with van der Waals surface area (Å²) in [5.41, 5.74) is 1.02. The number of rotatable bonds is 7. The molecule has 1 aromatic carbocycles. The van der Waals surface area contributed by atoms with Crippen LogP contribution in [0.15, 0.2) is 16.6 Å². The summed E-state index contributed by atoms with van der Waals surface area (Å²) in [6, 6.07) is 3.71. The topological polar surface area (TPSA) is 41.5 Å². The molecule has 0 saturated carbocycles. The normalized spacial score (nSPS) is 12.5. The quantitative estimate of drug-likeness (QED) is 0.752. The van der Waals surface area contributed by atoms with Gasteiger partial charge in [-0.1, -0.05) is 11.6 Å². The summed E-state index contributed by atoms with van der Waals surface area (Å²) in [6.07, 6.45) is 0.583. The minimum absolute atomic E-state index is 0.307. The number of aliphatic hydroxyl groups is 1. The molecule has 0 aliphatic heterocycles. The fourth-order valence-corrected chi connectivity index (χ4v) is 2.63. The van der Waals surface area contributed by atoms with Crippen LogP contribution >= 0.6 is 27.5 Å². The smallest absolute Gasteiger partial charge is 0.136 e. The maximum Gasteiger partial charge on any atom is 0.136 e. The van der Waals surface area contributed by atoms with Gasteiger partial charge in [0.1, 0.15) is 5.75 Å². The molecule has 0 unspecified atom stereocenters. The molecular weight excluding hydrogens is 318 g/mol. The molecule has 102 valence electrons. The summed E-state index contributed by atoms with van der Waals surface area (Å²) in [6.45, 7) is 5.81. The van der Waals surface area contributed by atoms with Crippen LogP contribution in [-0.4, -0.2) is 30.9 Å².